The van der Waals surface area contributed by atoms with Crippen LogP contribution >= 0.6 is 11.8 Å². The van der Waals surface area contributed by atoms with Gasteiger partial charge in [0.25, 0.3) is 0 Å². The maximum absolute atomic E-state index is 12.2. The molecule has 19 heavy (non-hydrogen) atoms. The van der Waals surface area contributed by atoms with Gasteiger partial charge in [-0.1, -0.05) is 19.1 Å². The fraction of sp³-hybridized carbons (Fsp3) is 0.533. The van der Waals surface area contributed by atoms with Gasteiger partial charge in [-0.3, -0.25) is 4.79 Å². The number of nitrogens with zero attached hydrogens (tertiary/aromatic N) is 2. The van der Waals surface area contributed by atoms with Gasteiger partial charge in [-0.05, 0) is 30.5 Å². The van der Waals surface area contributed by atoms with Crippen LogP contribution in [0.3, 0.4) is 0 Å². The quantitative estimate of drug-likeness (QED) is 0.788. The van der Waals surface area contributed by atoms with Gasteiger partial charge in [-0.25, -0.2) is 0 Å². The van der Waals surface area contributed by atoms with Crippen LogP contribution in [0.5, 0.6) is 0 Å². The predicted molar refractivity (Wildman–Crippen MR) is 80.6 cm³/mol. The molecule has 0 unspecified atom stereocenters. The number of rotatable bonds is 4. The molecule has 0 atom stereocenters. The van der Waals surface area contributed by atoms with Crippen molar-refractivity contribution in [3.05, 3.63) is 29.8 Å². The molecule has 1 aliphatic rings. The number of likely N-dealkylation sites (N-methyl/N-ethyl adjacent to an activating group) is 1. The van der Waals surface area contributed by atoms with Gasteiger partial charge < -0.3 is 9.80 Å². The predicted octanol–water partition coefficient (Wildman–Crippen LogP) is 2.12. The lowest BCUT2D eigenvalue weighted by atomic mass is 10.1. The van der Waals surface area contributed by atoms with Gasteiger partial charge in [-0.15, -0.1) is 11.8 Å². The fourth-order valence-corrected chi connectivity index (χ4v) is 2.75. The van der Waals surface area contributed by atoms with Crippen molar-refractivity contribution < 1.29 is 4.79 Å². The second-order valence-electron chi connectivity index (χ2n) is 4.84. The summed E-state index contributed by atoms with van der Waals surface area (Å²) in [4.78, 5) is 17.8. The number of hydrogen-bond acceptors (Lipinski definition) is 3. The topological polar surface area (TPSA) is 23.6 Å². The van der Waals surface area contributed by atoms with Crippen molar-refractivity contribution in [2.24, 2.45) is 0 Å². The smallest absolute Gasteiger partial charge is 0.227 e. The minimum Gasteiger partial charge on any atom is -0.340 e. The third kappa shape index (κ3) is 3.98. The Labute approximate surface area is 120 Å². The highest BCUT2D eigenvalue weighted by atomic mass is 32.2. The van der Waals surface area contributed by atoms with Crippen molar-refractivity contribution in [2.75, 3.05) is 39.0 Å². The van der Waals surface area contributed by atoms with Gasteiger partial charge in [0.15, 0.2) is 0 Å². The second kappa shape index (κ2) is 6.96. The van der Waals surface area contributed by atoms with Crippen molar-refractivity contribution in [1.29, 1.82) is 0 Å². The lowest BCUT2D eigenvalue weighted by Crippen LogP contribution is -2.48. The van der Waals surface area contributed by atoms with Crippen LogP contribution in [0.25, 0.3) is 0 Å². The Bertz CT molecular complexity index is 411. The van der Waals surface area contributed by atoms with Crippen molar-refractivity contribution in [1.82, 2.24) is 9.80 Å². The van der Waals surface area contributed by atoms with Gasteiger partial charge in [0, 0.05) is 31.1 Å². The molecular formula is C15H22N2OS. The van der Waals surface area contributed by atoms with Crippen LogP contribution in [-0.4, -0.2) is 54.7 Å². The SMILES string of the molecule is CCN1CCN(C(=O)Cc2ccc(SC)cc2)CC1. The van der Waals surface area contributed by atoms with Crippen LogP contribution in [0, 0.1) is 0 Å². The third-order valence-corrected chi connectivity index (χ3v) is 4.43. The Morgan fingerprint density at radius 2 is 1.79 bits per heavy atom. The molecule has 0 aromatic heterocycles. The Morgan fingerprint density at radius 3 is 2.32 bits per heavy atom. The van der Waals surface area contributed by atoms with Gasteiger partial charge in [0.05, 0.1) is 6.42 Å². The molecule has 1 saturated heterocycles. The van der Waals surface area contributed by atoms with Crippen LogP contribution < -0.4 is 0 Å². The van der Waals surface area contributed by atoms with Crippen molar-refractivity contribution in [3.8, 4) is 0 Å². The molecule has 0 bridgehead atoms. The molecule has 1 aromatic carbocycles. The van der Waals surface area contributed by atoms with E-state index in [1.54, 1.807) is 11.8 Å². The van der Waals surface area contributed by atoms with Crippen LogP contribution in [-0.2, 0) is 11.2 Å². The summed E-state index contributed by atoms with van der Waals surface area (Å²) in [5, 5.41) is 0. The summed E-state index contributed by atoms with van der Waals surface area (Å²) >= 11 is 1.73. The summed E-state index contributed by atoms with van der Waals surface area (Å²) < 4.78 is 0. The first-order valence-electron chi connectivity index (χ1n) is 6.86. The molecule has 0 N–H and O–H groups in total. The van der Waals surface area contributed by atoms with E-state index in [0.29, 0.717) is 6.42 Å². The normalized spacial score (nSPS) is 16.6. The van der Waals surface area contributed by atoms with E-state index in [-0.39, 0.29) is 5.91 Å². The van der Waals surface area contributed by atoms with Crippen LogP contribution in [0.15, 0.2) is 29.2 Å². The first-order chi connectivity index (χ1) is 9.22. The largest absolute Gasteiger partial charge is 0.340 e. The van der Waals surface area contributed by atoms with E-state index < -0.39 is 0 Å². The summed E-state index contributed by atoms with van der Waals surface area (Å²) in [5.74, 6) is 0.257. The molecule has 4 heteroatoms. The Kier molecular flexibility index (Phi) is 5.28. The molecule has 1 heterocycles. The standard InChI is InChI=1S/C15H22N2OS/c1-3-16-8-10-17(11-9-16)15(18)12-13-4-6-14(19-2)7-5-13/h4-7H,3,8-12H2,1-2H3. The number of piperazine rings is 1. The highest BCUT2D eigenvalue weighted by molar-refractivity contribution is 7.98. The average molecular weight is 278 g/mol. The lowest BCUT2D eigenvalue weighted by molar-refractivity contribution is -0.132. The summed E-state index contributed by atoms with van der Waals surface area (Å²) in [7, 11) is 0. The molecule has 2 rings (SSSR count). The summed E-state index contributed by atoms with van der Waals surface area (Å²) in [5.41, 5.74) is 1.11. The van der Waals surface area contributed by atoms with Gasteiger partial charge in [-0.2, -0.15) is 0 Å². The van der Waals surface area contributed by atoms with E-state index >= 15 is 0 Å². The van der Waals surface area contributed by atoms with E-state index in [1.807, 2.05) is 4.90 Å². The molecule has 104 valence electrons. The molecule has 1 aromatic rings. The molecule has 3 nitrogen and oxygen atoms in total. The molecular weight excluding hydrogens is 256 g/mol. The minimum atomic E-state index is 0.257. The molecule has 0 radical (unpaired) electrons. The third-order valence-electron chi connectivity index (χ3n) is 3.69. The summed E-state index contributed by atoms with van der Waals surface area (Å²) in [6.45, 7) is 7.01. The lowest BCUT2D eigenvalue weighted by Gasteiger charge is -2.34. The van der Waals surface area contributed by atoms with E-state index in [2.05, 4.69) is 42.3 Å². The Balaban J connectivity index is 1.86. The molecule has 1 aliphatic heterocycles. The number of carbonyl (C=O) groups excluding carboxylic acids is 1. The van der Waals surface area contributed by atoms with Crippen LogP contribution in [0.4, 0.5) is 0 Å². The number of thioether (sulfide) groups is 1. The molecule has 0 saturated carbocycles. The zero-order chi connectivity index (χ0) is 13.7. The van der Waals surface area contributed by atoms with Crippen molar-refractivity contribution in [2.45, 2.75) is 18.2 Å². The summed E-state index contributed by atoms with van der Waals surface area (Å²) in [6.07, 6.45) is 2.59. The van der Waals surface area contributed by atoms with Crippen LogP contribution in [0.1, 0.15) is 12.5 Å². The van der Waals surface area contributed by atoms with E-state index in [4.69, 9.17) is 0 Å². The molecule has 0 aliphatic carbocycles. The summed E-state index contributed by atoms with van der Waals surface area (Å²) in [6, 6.07) is 8.29. The van der Waals surface area contributed by atoms with Crippen molar-refractivity contribution in [3.63, 3.8) is 0 Å². The average Bonchev–Trinajstić information content (AvgIpc) is 2.48. The van der Waals surface area contributed by atoms with Crippen molar-refractivity contribution >= 4 is 17.7 Å². The Hall–Kier alpha value is -1.00. The fourth-order valence-electron chi connectivity index (χ4n) is 2.34. The molecule has 1 fully saturated rings. The Morgan fingerprint density at radius 1 is 1.16 bits per heavy atom. The highest BCUT2D eigenvalue weighted by Crippen LogP contribution is 2.15. The first kappa shape index (κ1) is 14.4. The van der Waals surface area contributed by atoms with Gasteiger partial charge in [0.1, 0.15) is 0 Å². The second-order valence-corrected chi connectivity index (χ2v) is 5.72. The zero-order valence-corrected chi connectivity index (χ0v) is 12.6. The highest BCUT2D eigenvalue weighted by Gasteiger charge is 2.19. The van der Waals surface area contributed by atoms with Gasteiger partial charge in [0.2, 0.25) is 5.91 Å². The van der Waals surface area contributed by atoms with E-state index in [1.165, 1.54) is 4.90 Å². The van der Waals surface area contributed by atoms with E-state index in [0.717, 1.165) is 38.3 Å². The van der Waals surface area contributed by atoms with E-state index in [9.17, 15) is 4.79 Å². The number of hydrogen-bond donors (Lipinski definition) is 0. The molecule has 1 amide bonds. The number of amides is 1. The maximum atomic E-state index is 12.2. The van der Waals surface area contributed by atoms with Crippen LogP contribution in [0.2, 0.25) is 0 Å². The molecule has 0 spiro atoms. The monoisotopic (exact) mass is 278 g/mol. The first-order valence-corrected chi connectivity index (χ1v) is 8.08. The number of benzene rings is 1. The minimum absolute atomic E-state index is 0.257. The maximum Gasteiger partial charge on any atom is 0.227 e. The number of carbonyl (C=O) groups is 1. The van der Waals surface area contributed by atoms with Gasteiger partial charge >= 0.3 is 0 Å². The zero-order valence-electron chi connectivity index (χ0n) is 11.8.